The van der Waals surface area contributed by atoms with E-state index in [2.05, 4.69) is 39.8 Å². The van der Waals surface area contributed by atoms with Gasteiger partial charge in [0.15, 0.2) is 0 Å². The van der Waals surface area contributed by atoms with Crippen LogP contribution in [0.5, 0.6) is 5.75 Å². The summed E-state index contributed by atoms with van der Waals surface area (Å²) in [5.41, 5.74) is 4.44. The summed E-state index contributed by atoms with van der Waals surface area (Å²) in [5, 5.41) is 5.85. The predicted octanol–water partition coefficient (Wildman–Crippen LogP) is 3.29. The summed E-state index contributed by atoms with van der Waals surface area (Å²) < 4.78 is 5.76. The van der Waals surface area contributed by atoms with Crippen LogP contribution in [0.25, 0.3) is 0 Å². The van der Waals surface area contributed by atoms with Crippen LogP contribution in [0, 0.1) is 12.8 Å². The highest BCUT2D eigenvalue weighted by Crippen LogP contribution is 2.30. The summed E-state index contributed by atoms with van der Waals surface area (Å²) in [6.45, 7) is 4.75. The summed E-state index contributed by atoms with van der Waals surface area (Å²) in [5.74, 6) is -0.121. The molecule has 1 atom stereocenters. The van der Waals surface area contributed by atoms with E-state index < -0.39 is 5.92 Å². The zero-order valence-corrected chi connectivity index (χ0v) is 17.4. The lowest BCUT2D eigenvalue weighted by atomic mass is 10.0. The van der Waals surface area contributed by atoms with Crippen molar-refractivity contribution in [1.29, 1.82) is 0 Å². The fraction of sp³-hybridized carbons (Fsp3) is 0.417. The van der Waals surface area contributed by atoms with Crippen molar-refractivity contribution in [1.82, 2.24) is 5.32 Å². The molecule has 4 rings (SSSR count). The number of nitrogens with zero attached hydrogens (tertiary/aromatic N) is 1. The van der Waals surface area contributed by atoms with E-state index in [1.165, 1.54) is 17.7 Å². The van der Waals surface area contributed by atoms with E-state index in [0.29, 0.717) is 18.0 Å². The van der Waals surface area contributed by atoms with Gasteiger partial charge in [-0.25, -0.2) is 0 Å². The van der Waals surface area contributed by atoms with E-state index in [-0.39, 0.29) is 24.8 Å². The minimum Gasteiger partial charge on any atom is -0.491 e. The second-order valence-electron chi connectivity index (χ2n) is 8.12. The third-order valence-electron chi connectivity index (χ3n) is 5.77. The van der Waals surface area contributed by atoms with Gasteiger partial charge in [-0.3, -0.25) is 9.59 Å². The van der Waals surface area contributed by atoms with Crippen LogP contribution in [0.2, 0.25) is 0 Å². The maximum absolute atomic E-state index is 12.5. The first-order valence-corrected chi connectivity index (χ1v) is 10.7. The lowest BCUT2D eigenvalue weighted by molar-refractivity contribution is -0.128. The number of carbonyl (C=O) groups excluding carboxylic acids is 2. The number of hydrogen-bond acceptors (Lipinski definition) is 4. The Labute approximate surface area is 177 Å². The largest absolute Gasteiger partial charge is 0.491 e. The zero-order valence-electron chi connectivity index (χ0n) is 17.4. The minimum absolute atomic E-state index is 0.111. The zero-order chi connectivity index (χ0) is 20.9. The molecule has 0 aromatic heterocycles. The Morgan fingerprint density at radius 2 is 2.13 bits per heavy atom. The number of rotatable bonds is 6. The molecule has 0 saturated heterocycles. The van der Waals surface area contributed by atoms with Crippen LogP contribution in [-0.4, -0.2) is 38.1 Å². The Bertz CT molecular complexity index is 928. The van der Waals surface area contributed by atoms with E-state index >= 15 is 0 Å². The molecule has 2 heterocycles. The number of carbonyl (C=O) groups is 2. The monoisotopic (exact) mass is 407 g/mol. The number of ether oxygens (including phenoxy) is 1. The predicted molar refractivity (Wildman–Crippen MR) is 118 cm³/mol. The number of fused-ring (bicyclic) bond motifs is 2. The third kappa shape index (κ3) is 4.75. The average Bonchev–Trinajstić information content (AvgIpc) is 2.89. The number of anilines is 2. The molecule has 158 valence electrons. The number of hydrogen-bond donors (Lipinski definition) is 2. The van der Waals surface area contributed by atoms with Crippen molar-refractivity contribution in [3.05, 3.63) is 53.6 Å². The first kappa shape index (κ1) is 20.3. The molecule has 2 aromatic rings. The van der Waals surface area contributed by atoms with Gasteiger partial charge >= 0.3 is 0 Å². The highest BCUT2D eigenvalue weighted by molar-refractivity contribution is 5.97. The number of benzene rings is 2. The van der Waals surface area contributed by atoms with Crippen molar-refractivity contribution < 1.29 is 14.3 Å². The Kier molecular flexibility index (Phi) is 6.21. The van der Waals surface area contributed by atoms with Crippen molar-refractivity contribution in [2.24, 2.45) is 5.92 Å². The highest BCUT2D eigenvalue weighted by Gasteiger charge is 2.27. The molecule has 0 bridgehead atoms. The van der Waals surface area contributed by atoms with E-state index in [4.69, 9.17) is 4.74 Å². The molecule has 6 nitrogen and oxygen atoms in total. The van der Waals surface area contributed by atoms with Crippen molar-refractivity contribution in [2.45, 2.75) is 32.6 Å². The summed E-state index contributed by atoms with van der Waals surface area (Å²) in [7, 11) is 0. The van der Waals surface area contributed by atoms with E-state index in [1.54, 1.807) is 0 Å². The van der Waals surface area contributed by atoms with Gasteiger partial charge in [-0.15, -0.1) is 0 Å². The third-order valence-corrected chi connectivity index (χ3v) is 5.77. The first-order chi connectivity index (χ1) is 14.6. The van der Waals surface area contributed by atoms with Crippen LogP contribution in [-0.2, 0) is 16.0 Å². The van der Waals surface area contributed by atoms with Crippen molar-refractivity contribution >= 4 is 23.2 Å². The van der Waals surface area contributed by atoms with E-state index in [9.17, 15) is 9.59 Å². The second-order valence-corrected chi connectivity index (χ2v) is 8.12. The molecule has 0 fully saturated rings. The van der Waals surface area contributed by atoms with Gasteiger partial charge in [0.2, 0.25) is 11.8 Å². The van der Waals surface area contributed by atoms with Gasteiger partial charge < -0.3 is 20.3 Å². The van der Waals surface area contributed by atoms with E-state index in [1.807, 2.05) is 25.1 Å². The van der Waals surface area contributed by atoms with Crippen LogP contribution >= 0.6 is 0 Å². The number of nitrogens with one attached hydrogen (secondary N) is 2. The SMILES string of the molecule is Cc1ccc2c(c1)NC(=O)C(CC(=O)NCCCN1CCCc3ccccc31)CO2. The molecule has 2 aliphatic rings. The smallest absolute Gasteiger partial charge is 0.231 e. The molecule has 2 N–H and O–H groups in total. The van der Waals surface area contributed by atoms with E-state index in [0.717, 1.165) is 31.5 Å². The minimum atomic E-state index is -0.494. The maximum atomic E-state index is 12.5. The Balaban J connectivity index is 1.22. The van der Waals surface area contributed by atoms with Crippen LogP contribution in [0.15, 0.2) is 42.5 Å². The number of amides is 2. The molecule has 1 unspecified atom stereocenters. The summed E-state index contributed by atoms with van der Waals surface area (Å²) >= 11 is 0. The molecule has 2 aliphatic heterocycles. The lowest BCUT2D eigenvalue weighted by Gasteiger charge is -2.31. The van der Waals surface area contributed by atoms with Gasteiger partial charge in [0, 0.05) is 31.7 Å². The number of aryl methyl sites for hydroxylation is 2. The summed E-state index contributed by atoms with van der Waals surface area (Å²) in [6.07, 6.45) is 3.31. The van der Waals surface area contributed by atoms with Crippen molar-refractivity contribution in [2.75, 3.05) is 36.5 Å². The normalized spacial score (nSPS) is 17.8. The van der Waals surface area contributed by atoms with Gasteiger partial charge in [0.25, 0.3) is 0 Å². The molecule has 0 aliphatic carbocycles. The van der Waals surface area contributed by atoms with Crippen molar-refractivity contribution in [3.63, 3.8) is 0 Å². The molecule has 0 radical (unpaired) electrons. The standard InChI is InChI=1S/C24H29N3O3/c1-17-9-10-22-20(14-17)26-24(29)19(16-30-22)15-23(28)25-11-5-13-27-12-4-7-18-6-2-3-8-21(18)27/h2-3,6,8-10,14,19H,4-5,7,11-13,15-16H2,1H3,(H,25,28)(H,26,29). The lowest BCUT2D eigenvalue weighted by Crippen LogP contribution is -2.35. The quantitative estimate of drug-likeness (QED) is 0.721. The van der Waals surface area contributed by atoms with Crippen LogP contribution in [0.3, 0.4) is 0 Å². The molecule has 0 spiro atoms. The van der Waals surface area contributed by atoms with Gasteiger partial charge in [-0.2, -0.15) is 0 Å². The van der Waals surface area contributed by atoms with Gasteiger partial charge in [-0.1, -0.05) is 24.3 Å². The van der Waals surface area contributed by atoms with Crippen LogP contribution in [0.4, 0.5) is 11.4 Å². The Morgan fingerprint density at radius 3 is 3.03 bits per heavy atom. The summed E-state index contributed by atoms with van der Waals surface area (Å²) in [4.78, 5) is 27.3. The molecule has 2 aromatic carbocycles. The molecule has 0 saturated carbocycles. The molecule has 6 heteroatoms. The molecular formula is C24H29N3O3. The molecule has 2 amide bonds. The Hall–Kier alpha value is -3.02. The summed E-state index contributed by atoms with van der Waals surface area (Å²) in [6, 6.07) is 14.2. The fourth-order valence-corrected chi connectivity index (χ4v) is 4.16. The highest BCUT2D eigenvalue weighted by atomic mass is 16.5. The number of para-hydroxylation sites is 1. The second kappa shape index (κ2) is 9.20. The topological polar surface area (TPSA) is 70.7 Å². The fourth-order valence-electron chi connectivity index (χ4n) is 4.16. The maximum Gasteiger partial charge on any atom is 0.231 e. The van der Waals surface area contributed by atoms with Crippen LogP contribution < -0.4 is 20.3 Å². The Morgan fingerprint density at radius 1 is 1.27 bits per heavy atom. The molecular weight excluding hydrogens is 378 g/mol. The first-order valence-electron chi connectivity index (χ1n) is 10.7. The average molecular weight is 408 g/mol. The molecule has 30 heavy (non-hydrogen) atoms. The van der Waals surface area contributed by atoms with Crippen molar-refractivity contribution in [3.8, 4) is 5.75 Å². The van der Waals surface area contributed by atoms with Gasteiger partial charge in [0.1, 0.15) is 12.4 Å². The van der Waals surface area contributed by atoms with Gasteiger partial charge in [-0.05, 0) is 55.5 Å². The van der Waals surface area contributed by atoms with Crippen LogP contribution in [0.1, 0.15) is 30.4 Å². The van der Waals surface area contributed by atoms with Gasteiger partial charge in [0.05, 0.1) is 11.6 Å².